The Balaban J connectivity index is 2.40. The molecule has 2 heteroatoms. The summed E-state index contributed by atoms with van der Waals surface area (Å²) in [6.07, 6.45) is 25.2. The molecule has 0 saturated heterocycles. The highest BCUT2D eigenvalue weighted by Crippen LogP contribution is 2.26. The first kappa shape index (κ1) is 22.3. The van der Waals surface area contributed by atoms with E-state index in [0.717, 1.165) is 12.5 Å². The summed E-state index contributed by atoms with van der Waals surface area (Å²) in [5.74, 6) is 2.22. The normalized spacial score (nSPS) is 12.6. The van der Waals surface area contributed by atoms with Crippen LogP contribution in [0.1, 0.15) is 129 Å². The number of aryl methyl sites for hydroxylation is 1. The molecule has 25 heavy (non-hydrogen) atoms. The first-order valence-corrected chi connectivity index (χ1v) is 11.4. The van der Waals surface area contributed by atoms with Crippen molar-refractivity contribution in [1.29, 1.82) is 0 Å². The van der Waals surface area contributed by atoms with Gasteiger partial charge in [-0.05, 0) is 19.3 Å². The fourth-order valence-corrected chi connectivity index (χ4v) is 3.92. The Morgan fingerprint density at radius 2 is 1.24 bits per heavy atom. The lowest BCUT2D eigenvalue weighted by Crippen LogP contribution is -2.37. The molecule has 0 saturated carbocycles. The van der Waals surface area contributed by atoms with E-state index >= 15 is 0 Å². The predicted molar refractivity (Wildman–Crippen MR) is 110 cm³/mol. The molecule has 146 valence electrons. The van der Waals surface area contributed by atoms with Gasteiger partial charge in [0.25, 0.3) is 5.82 Å². The average molecular weight is 350 g/mol. The molecule has 0 aliphatic rings. The number of aromatic nitrogens is 2. The van der Waals surface area contributed by atoms with Crippen molar-refractivity contribution in [2.75, 3.05) is 0 Å². The van der Waals surface area contributed by atoms with Crippen LogP contribution in [0, 0.1) is 0 Å². The number of rotatable bonds is 17. The van der Waals surface area contributed by atoms with E-state index in [1.54, 1.807) is 0 Å². The second kappa shape index (κ2) is 15.5. The van der Waals surface area contributed by atoms with Gasteiger partial charge in [0.05, 0.1) is 12.5 Å². The summed E-state index contributed by atoms with van der Waals surface area (Å²) < 4.78 is 2.47. The van der Waals surface area contributed by atoms with Gasteiger partial charge in [-0.15, -0.1) is 0 Å². The minimum atomic E-state index is 0.735. The van der Waals surface area contributed by atoms with Crippen molar-refractivity contribution in [3.05, 3.63) is 18.2 Å². The van der Waals surface area contributed by atoms with Gasteiger partial charge in [-0.3, -0.25) is 0 Å². The third-order valence-corrected chi connectivity index (χ3v) is 5.46. The number of imidazole rings is 1. The zero-order valence-corrected chi connectivity index (χ0v) is 17.5. The first-order chi connectivity index (χ1) is 12.3. The average Bonchev–Trinajstić information content (AvgIpc) is 3.07. The molecule has 0 amide bonds. The molecular weight excluding hydrogens is 304 g/mol. The van der Waals surface area contributed by atoms with Crippen molar-refractivity contribution in [2.24, 2.45) is 0 Å². The number of unbranched alkanes of at least 4 members (excludes halogenated alkanes) is 10. The lowest BCUT2D eigenvalue weighted by molar-refractivity contribution is -0.704. The SMILES string of the molecule is CCCCCCCCC[C@H](CCCCCCC)c1[nH]cc[n+]1CCC. The number of hydrogen-bond donors (Lipinski definition) is 1. The Labute approximate surface area is 157 Å². The molecule has 0 aromatic carbocycles. The van der Waals surface area contributed by atoms with E-state index in [2.05, 4.69) is 42.7 Å². The van der Waals surface area contributed by atoms with Crippen LogP contribution in [0.4, 0.5) is 0 Å². The van der Waals surface area contributed by atoms with Gasteiger partial charge >= 0.3 is 0 Å². The smallest absolute Gasteiger partial charge is 0.247 e. The lowest BCUT2D eigenvalue weighted by atomic mass is 9.93. The molecule has 0 bridgehead atoms. The standard InChI is InChI=1S/C23H44N2/c1-4-7-9-11-12-14-16-18-22(17-15-13-10-8-5-2)23-24-19-21-25(23)20-6-3/h19,21-22H,4-18,20H2,1-3H3/p+1/t22-/m0/s1. The monoisotopic (exact) mass is 349 g/mol. The highest BCUT2D eigenvalue weighted by molar-refractivity contribution is 4.90. The van der Waals surface area contributed by atoms with Crippen LogP contribution in [0.15, 0.2) is 12.4 Å². The molecule has 1 rings (SSSR count). The lowest BCUT2D eigenvalue weighted by Gasteiger charge is -2.14. The first-order valence-electron chi connectivity index (χ1n) is 11.4. The molecular formula is C23H45N2+. The maximum atomic E-state index is 3.57. The third kappa shape index (κ3) is 10.1. The Morgan fingerprint density at radius 1 is 0.720 bits per heavy atom. The van der Waals surface area contributed by atoms with Crippen LogP contribution >= 0.6 is 0 Å². The molecule has 1 aromatic heterocycles. The quantitative estimate of drug-likeness (QED) is 0.225. The van der Waals surface area contributed by atoms with E-state index in [4.69, 9.17) is 0 Å². The van der Waals surface area contributed by atoms with Crippen LogP contribution in [-0.4, -0.2) is 4.98 Å². The molecule has 0 aliphatic carbocycles. The van der Waals surface area contributed by atoms with Crippen molar-refractivity contribution in [3.63, 3.8) is 0 Å². The number of nitrogens with zero attached hydrogens (tertiary/aromatic N) is 1. The van der Waals surface area contributed by atoms with Gasteiger partial charge < -0.3 is 0 Å². The van der Waals surface area contributed by atoms with Gasteiger partial charge in [0.15, 0.2) is 0 Å². The third-order valence-electron chi connectivity index (χ3n) is 5.46. The Hall–Kier alpha value is -0.790. The van der Waals surface area contributed by atoms with Crippen LogP contribution in [0.2, 0.25) is 0 Å². The Bertz CT molecular complexity index is 397. The molecule has 1 atom stereocenters. The Morgan fingerprint density at radius 3 is 1.76 bits per heavy atom. The maximum absolute atomic E-state index is 3.57. The van der Waals surface area contributed by atoms with Crippen molar-refractivity contribution < 1.29 is 4.57 Å². The molecule has 1 N–H and O–H groups in total. The Kier molecular flexibility index (Phi) is 13.8. The van der Waals surface area contributed by atoms with Gasteiger partial charge in [0.1, 0.15) is 12.4 Å². The van der Waals surface area contributed by atoms with Gasteiger partial charge in [-0.2, -0.15) is 0 Å². The molecule has 0 aliphatic heterocycles. The van der Waals surface area contributed by atoms with E-state index in [9.17, 15) is 0 Å². The summed E-state index contributed by atoms with van der Waals surface area (Å²) in [5.41, 5.74) is 0. The van der Waals surface area contributed by atoms with Crippen LogP contribution in [0.5, 0.6) is 0 Å². The molecule has 0 unspecified atom stereocenters. The summed E-state index contributed by atoms with van der Waals surface area (Å²) in [5, 5.41) is 0. The summed E-state index contributed by atoms with van der Waals surface area (Å²) >= 11 is 0. The topological polar surface area (TPSA) is 19.7 Å². The van der Waals surface area contributed by atoms with Crippen LogP contribution < -0.4 is 4.57 Å². The fourth-order valence-electron chi connectivity index (χ4n) is 3.92. The van der Waals surface area contributed by atoms with Crippen LogP contribution in [0.25, 0.3) is 0 Å². The van der Waals surface area contributed by atoms with Gasteiger partial charge in [-0.1, -0.05) is 97.8 Å². The second-order valence-corrected chi connectivity index (χ2v) is 7.85. The second-order valence-electron chi connectivity index (χ2n) is 7.85. The maximum Gasteiger partial charge on any atom is 0.257 e. The molecule has 1 heterocycles. The summed E-state index contributed by atoms with van der Waals surface area (Å²) in [6, 6.07) is 0. The summed E-state index contributed by atoms with van der Waals surface area (Å²) in [7, 11) is 0. The molecule has 2 nitrogen and oxygen atoms in total. The molecule has 0 radical (unpaired) electrons. The zero-order valence-electron chi connectivity index (χ0n) is 17.5. The van der Waals surface area contributed by atoms with E-state index < -0.39 is 0 Å². The molecule has 0 spiro atoms. The predicted octanol–water partition coefficient (Wildman–Crippen LogP) is 7.30. The number of aromatic amines is 1. The van der Waals surface area contributed by atoms with Crippen LogP contribution in [-0.2, 0) is 6.54 Å². The molecule has 0 fully saturated rings. The van der Waals surface area contributed by atoms with Crippen molar-refractivity contribution in [3.8, 4) is 0 Å². The van der Waals surface area contributed by atoms with Gasteiger partial charge in [0.2, 0.25) is 0 Å². The summed E-state index contributed by atoms with van der Waals surface area (Å²) in [4.78, 5) is 3.57. The van der Waals surface area contributed by atoms with E-state index in [1.807, 2.05) is 0 Å². The van der Waals surface area contributed by atoms with E-state index in [-0.39, 0.29) is 0 Å². The van der Waals surface area contributed by atoms with Crippen molar-refractivity contribution in [1.82, 2.24) is 4.98 Å². The van der Waals surface area contributed by atoms with Gasteiger partial charge in [0, 0.05) is 0 Å². The van der Waals surface area contributed by atoms with E-state index in [0.29, 0.717) is 0 Å². The number of hydrogen-bond acceptors (Lipinski definition) is 0. The highest BCUT2D eigenvalue weighted by Gasteiger charge is 2.22. The van der Waals surface area contributed by atoms with Crippen molar-refractivity contribution in [2.45, 2.75) is 130 Å². The van der Waals surface area contributed by atoms with E-state index in [1.165, 1.54) is 102 Å². The number of nitrogens with one attached hydrogen (secondary N) is 1. The van der Waals surface area contributed by atoms with Crippen LogP contribution in [0.3, 0.4) is 0 Å². The van der Waals surface area contributed by atoms with Gasteiger partial charge in [-0.25, -0.2) is 9.55 Å². The summed E-state index contributed by atoms with van der Waals surface area (Å²) in [6.45, 7) is 8.03. The van der Waals surface area contributed by atoms with Crippen molar-refractivity contribution >= 4 is 0 Å². The largest absolute Gasteiger partial charge is 0.257 e. The zero-order chi connectivity index (χ0) is 18.2. The molecule has 1 aromatic rings. The number of H-pyrrole nitrogens is 1. The fraction of sp³-hybridized carbons (Fsp3) is 0.870. The highest BCUT2D eigenvalue weighted by atomic mass is 15.1. The minimum Gasteiger partial charge on any atom is -0.247 e. The minimum absolute atomic E-state index is 0.735.